The van der Waals surface area contributed by atoms with Crippen molar-refractivity contribution in [2.45, 2.75) is 12.8 Å². The topological polar surface area (TPSA) is 37.8 Å². The summed E-state index contributed by atoms with van der Waals surface area (Å²) in [7, 11) is 0. The van der Waals surface area contributed by atoms with Crippen LogP contribution in [0.3, 0.4) is 0 Å². The molecule has 4 heteroatoms. The lowest BCUT2D eigenvalue weighted by atomic mass is 10.1. The summed E-state index contributed by atoms with van der Waals surface area (Å²) in [5.74, 6) is 0.727. The summed E-state index contributed by atoms with van der Waals surface area (Å²) < 4.78 is 0. The zero-order valence-electron chi connectivity index (χ0n) is 9.44. The average molecular weight is 248 g/mol. The SMILES string of the molecule is Clc1cncc(NCCCc2ccccc2)n1. The molecule has 0 atom stereocenters. The third kappa shape index (κ3) is 4.04. The van der Waals surface area contributed by atoms with E-state index in [1.54, 1.807) is 6.20 Å². The lowest BCUT2D eigenvalue weighted by Crippen LogP contribution is -2.04. The van der Waals surface area contributed by atoms with Gasteiger partial charge in [0.25, 0.3) is 0 Å². The highest BCUT2D eigenvalue weighted by atomic mass is 35.5. The van der Waals surface area contributed by atoms with Gasteiger partial charge in [-0.05, 0) is 18.4 Å². The Labute approximate surface area is 106 Å². The van der Waals surface area contributed by atoms with Crippen LogP contribution in [0.5, 0.6) is 0 Å². The van der Waals surface area contributed by atoms with Gasteiger partial charge in [0.1, 0.15) is 11.0 Å². The molecule has 0 bridgehead atoms. The van der Waals surface area contributed by atoms with Crippen LogP contribution in [0, 0.1) is 0 Å². The molecule has 3 nitrogen and oxygen atoms in total. The number of aryl methyl sites for hydroxylation is 1. The van der Waals surface area contributed by atoms with Gasteiger partial charge < -0.3 is 5.32 Å². The third-order valence-electron chi connectivity index (χ3n) is 2.40. The summed E-state index contributed by atoms with van der Waals surface area (Å²) in [6, 6.07) is 10.4. The van der Waals surface area contributed by atoms with E-state index in [1.165, 1.54) is 11.8 Å². The third-order valence-corrected chi connectivity index (χ3v) is 2.58. The molecule has 1 heterocycles. The molecule has 2 rings (SSSR count). The molecular weight excluding hydrogens is 234 g/mol. The van der Waals surface area contributed by atoms with E-state index in [-0.39, 0.29) is 0 Å². The number of hydrogen-bond acceptors (Lipinski definition) is 3. The van der Waals surface area contributed by atoms with Crippen LogP contribution in [-0.4, -0.2) is 16.5 Å². The van der Waals surface area contributed by atoms with Gasteiger partial charge in [-0.1, -0.05) is 41.9 Å². The first-order valence-electron chi connectivity index (χ1n) is 5.60. The van der Waals surface area contributed by atoms with Gasteiger partial charge in [0.05, 0.1) is 12.4 Å². The van der Waals surface area contributed by atoms with Gasteiger partial charge in [0, 0.05) is 6.54 Å². The summed E-state index contributed by atoms with van der Waals surface area (Å²) in [5.41, 5.74) is 1.35. The fourth-order valence-electron chi connectivity index (χ4n) is 1.58. The van der Waals surface area contributed by atoms with Crippen molar-refractivity contribution in [3.05, 3.63) is 53.4 Å². The smallest absolute Gasteiger partial charge is 0.149 e. The molecule has 0 saturated carbocycles. The maximum absolute atomic E-state index is 5.74. The maximum atomic E-state index is 5.74. The lowest BCUT2D eigenvalue weighted by molar-refractivity contribution is 0.858. The lowest BCUT2D eigenvalue weighted by Gasteiger charge is -2.05. The van der Waals surface area contributed by atoms with Crippen LogP contribution in [0.4, 0.5) is 5.82 Å². The van der Waals surface area contributed by atoms with Crippen molar-refractivity contribution < 1.29 is 0 Å². The molecule has 1 N–H and O–H groups in total. The molecule has 0 amide bonds. The van der Waals surface area contributed by atoms with Gasteiger partial charge in [0.15, 0.2) is 0 Å². The predicted molar refractivity (Wildman–Crippen MR) is 70.3 cm³/mol. The van der Waals surface area contributed by atoms with Gasteiger partial charge in [-0.15, -0.1) is 0 Å². The van der Waals surface area contributed by atoms with E-state index < -0.39 is 0 Å². The molecule has 0 spiro atoms. The second kappa shape index (κ2) is 6.21. The highest BCUT2D eigenvalue weighted by molar-refractivity contribution is 6.29. The standard InChI is InChI=1S/C13H14ClN3/c14-12-9-15-10-13(17-12)16-8-4-7-11-5-2-1-3-6-11/h1-3,5-6,9-10H,4,7-8H2,(H,16,17). The van der Waals surface area contributed by atoms with Crippen LogP contribution >= 0.6 is 11.6 Å². The second-order valence-corrected chi connectivity index (χ2v) is 4.13. The fraction of sp³-hybridized carbons (Fsp3) is 0.231. The van der Waals surface area contributed by atoms with E-state index in [9.17, 15) is 0 Å². The summed E-state index contributed by atoms with van der Waals surface area (Å²) in [6.07, 6.45) is 5.31. The Morgan fingerprint density at radius 1 is 1.12 bits per heavy atom. The van der Waals surface area contributed by atoms with E-state index >= 15 is 0 Å². The van der Waals surface area contributed by atoms with Gasteiger partial charge in [-0.3, -0.25) is 4.98 Å². The van der Waals surface area contributed by atoms with Gasteiger partial charge in [-0.25, -0.2) is 4.98 Å². The molecule has 88 valence electrons. The van der Waals surface area contributed by atoms with Gasteiger partial charge in [-0.2, -0.15) is 0 Å². The second-order valence-electron chi connectivity index (χ2n) is 3.74. The van der Waals surface area contributed by atoms with E-state index in [0.29, 0.717) is 5.15 Å². The molecule has 0 aliphatic carbocycles. The fourth-order valence-corrected chi connectivity index (χ4v) is 1.73. The first kappa shape index (κ1) is 11.9. The number of rotatable bonds is 5. The monoisotopic (exact) mass is 247 g/mol. The van der Waals surface area contributed by atoms with Crippen LogP contribution < -0.4 is 5.32 Å². The first-order chi connectivity index (χ1) is 8.34. The highest BCUT2D eigenvalue weighted by Gasteiger charge is 1.96. The Morgan fingerprint density at radius 2 is 1.94 bits per heavy atom. The van der Waals surface area contributed by atoms with Crippen LogP contribution in [0.2, 0.25) is 5.15 Å². The number of halogens is 1. The van der Waals surface area contributed by atoms with Crippen LogP contribution in [0.1, 0.15) is 12.0 Å². The Morgan fingerprint density at radius 3 is 2.71 bits per heavy atom. The van der Waals surface area contributed by atoms with Crippen LogP contribution in [-0.2, 0) is 6.42 Å². The van der Waals surface area contributed by atoms with E-state index in [2.05, 4.69) is 39.6 Å². The largest absolute Gasteiger partial charge is 0.369 e. The van der Waals surface area contributed by atoms with Crippen LogP contribution in [0.25, 0.3) is 0 Å². The molecule has 17 heavy (non-hydrogen) atoms. The number of aromatic nitrogens is 2. The van der Waals surface area contributed by atoms with Gasteiger partial charge in [0.2, 0.25) is 0 Å². The summed E-state index contributed by atoms with van der Waals surface area (Å²) in [5, 5.41) is 3.61. The number of anilines is 1. The average Bonchev–Trinajstić information content (AvgIpc) is 2.36. The van der Waals surface area contributed by atoms with Crippen molar-refractivity contribution in [1.82, 2.24) is 9.97 Å². The van der Waals surface area contributed by atoms with E-state index in [4.69, 9.17) is 11.6 Å². The summed E-state index contributed by atoms with van der Waals surface area (Å²) in [4.78, 5) is 8.07. The quantitative estimate of drug-likeness (QED) is 0.825. The molecular formula is C13H14ClN3. The van der Waals surface area contributed by atoms with Crippen LogP contribution in [0.15, 0.2) is 42.7 Å². The van der Waals surface area contributed by atoms with Crippen molar-refractivity contribution in [2.75, 3.05) is 11.9 Å². The number of nitrogens with one attached hydrogen (secondary N) is 1. The Hall–Kier alpha value is -1.61. The minimum atomic E-state index is 0.415. The maximum Gasteiger partial charge on any atom is 0.149 e. The van der Waals surface area contributed by atoms with Gasteiger partial charge >= 0.3 is 0 Å². The molecule has 0 unspecified atom stereocenters. The Balaban J connectivity index is 1.73. The Kier molecular flexibility index (Phi) is 4.33. The first-order valence-corrected chi connectivity index (χ1v) is 5.98. The Bertz CT molecular complexity index is 459. The predicted octanol–water partition coefficient (Wildman–Crippen LogP) is 3.17. The zero-order chi connectivity index (χ0) is 11.9. The number of hydrogen-bond donors (Lipinski definition) is 1. The zero-order valence-corrected chi connectivity index (χ0v) is 10.2. The molecule has 1 aromatic heterocycles. The van der Waals surface area contributed by atoms with Crippen molar-refractivity contribution in [3.8, 4) is 0 Å². The number of nitrogens with zero attached hydrogens (tertiary/aromatic N) is 2. The van der Waals surface area contributed by atoms with Crippen molar-refractivity contribution in [1.29, 1.82) is 0 Å². The van der Waals surface area contributed by atoms with Crippen molar-refractivity contribution in [2.24, 2.45) is 0 Å². The van der Waals surface area contributed by atoms with E-state index in [1.807, 2.05) is 6.07 Å². The number of benzene rings is 1. The minimum absolute atomic E-state index is 0.415. The molecule has 0 radical (unpaired) electrons. The highest BCUT2D eigenvalue weighted by Crippen LogP contribution is 2.07. The normalized spacial score (nSPS) is 10.2. The van der Waals surface area contributed by atoms with Crippen molar-refractivity contribution >= 4 is 17.4 Å². The van der Waals surface area contributed by atoms with E-state index in [0.717, 1.165) is 25.2 Å². The molecule has 2 aromatic rings. The summed E-state index contributed by atoms with van der Waals surface area (Å²) in [6.45, 7) is 0.865. The molecule has 1 aromatic carbocycles. The minimum Gasteiger partial charge on any atom is -0.369 e. The molecule has 0 saturated heterocycles. The molecule has 0 aliphatic heterocycles. The summed E-state index contributed by atoms with van der Waals surface area (Å²) >= 11 is 5.74. The molecule has 0 aliphatic rings. The van der Waals surface area contributed by atoms with Crippen molar-refractivity contribution in [3.63, 3.8) is 0 Å². The molecule has 0 fully saturated rings.